The third-order valence-corrected chi connectivity index (χ3v) is 5.43. The second kappa shape index (κ2) is 7.22. The summed E-state index contributed by atoms with van der Waals surface area (Å²) in [5, 5.41) is 16.4. The molecule has 0 atom stereocenters. The highest BCUT2D eigenvalue weighted by molar-refractivity contribution is 7.17. The van der Waals surface area contributed by atoms with Gasteiger partial charge in [0.1, 0.15) is 11.1 Å². The van der Waals surface area contributed by atoms with Crippen molar-refractivity contribution in [2.45, 2.75) is 59.0 Å². The zero-order chi connectivity index (χ0) is 19.7. The SMILES string of the molecule is CC(C)=CC(=O)OCC(=O)Nc1sc2c(c1C#N)CC(C)(C)NC2(C)C. The zero-order valence-corrected chi connectivity index (χ0v) is 16.9. The summed E-state index contributed by atoms with van der Waals surface area (Å²) in [6, 6.07) is 2.23. The molecule has 140 valence electrons. The number of nitrogens with zero attached hydrogens (tertiary/aromatic N) is 1. The number of nitrogens with one attached hydrogen (secondary N) is 2. The molecule has 0 bridgehead atoms. The normalized spacial score (nSPS) is 16.8. The Morgan fingerprint density at radius 1 is 1.35 bits per heavy atom. The molecule has 1 aromatic heterocycles. The fourth-order valence-electron chi connectivity index (χ4n) is 3.31. The van der Waals surface area contributed by atoms with E-state index in [1.54, 1.807) is 13.8 Å². The summed E-state index contributed by atoms with van der Waals surface area (Å²) in [6.07, 6.45) is 2.03. The lowest BCUT2D eigenvalue weighted by Crippen LogP contribution is -2.54. The Morgan fingerprint density at radius 2 is 2.00 bits per heavy atom. The van der Waals surface area contributed by atoms with Crippen LogP contribution in [0.3, 0.4) is 0 Å². The van der Waals surface area contributed by atoms with Crippen molar-refractivity contribution < 1.29 is 14.3 Å². The van der Waals surface area contributed by atoms with Crippen LogP contribution in [0.2, 0.25) is 0 Å². The maximum Gasteiger partial charge on any atom is 0.331 e. The standard InChI is InChI=1S/C19H25N3O3S/c1-11(2)7-15(24)25-10-14(23)21-17-13(9-20)12-8-18(3,4)22-19(5,6)16(12)26-17/h7,22H,8,10H2,1-6H3,(H,21,23). The number of carbonyl (C=O) groups is 2. The summed E-state index contributed by atoms with van der Waals surface area (Å²) in [7, 11) is 0. The van der Waals surface area contributed by atoms with Gasteiger partial charge >= 0.3 is 5.97 Å². The smallest absolute Gasteiger partial charge is 0.331 e. The summed E-state index contributed by atoms with van der Waals surface area (Å²) >= 11 is 1.40. The molecule has 0 saturated carbocycles. The molecule has 0 fully saturated rings. The van der Waals surface area contributed by atoms with Crippen LogP contribution in [0.4, 0.5) is 5.00 Å². The first-order valence-corrected chi connectivity index (χ1v) is 9.24. The van der Waals surface area contributed by atoms with Crippen LogP contribution in [0.25, 0.3) is 0 Å². The Kier molecular flexibility index (Phi) is 5.59. The third kappa shape index (κ3) is 4.51. The van der Waals surface area contributed by atoms with Gasteiger partial charge in [-0.05, 0) is 53.5 Å². The number of esters is 1. The Labute approximate surface area is 158 Å². The molecule has 0 spiro atoms. The van der Waals surface area contributed by atoms with Crippen molar-refractivity contribution in [3.63, 3.8) is 0 Å². The molecule has 26 heavy (non-hydrogen) atoms. The molecule has 1 aromatic rings. The van der Waals surface area contributed by atoms with Crippen LogP contribution >= 0.6 is 11.3 Å². The largest absolute Gasteiger partial charge is 0.452 e. The molecule has 0 unspecified atom stereocenters. The van der Waals surface area contributed by atoms with E-state index in [9.17, 15) is 14.9 Å². The number of ether oxygens (including phenoxy) is 1. The van der Waals surface area contributed by atoms with Crippen LogP contribution in [-0.2, 0) is 26.3 Å². The highest BCUT2D eigenvalue weighted by atomic mass is 32.1. The molecule has 0 radical (unpaired) electrons. The molecule has 1 amide bonds. The van der Waals surface area contributed by atoms with Crippen LogP contribution in [0, 0.1) is 11.3 Å². The number of allylic oxidation sites excluding steroid dienone is 1. The number of carbonyl (C=O) groups excluding carboxylic acids is 2. The quantitative estimate of drug-likeness (QED) is 0.623. The summed E-state index contributed by atoms with van der Waals surface area (Å²) in [6.45, 7) is 11.5. The molecule has 2 N–H and O–H groups in total. The van der Waals surface area contributed by atoms with Gasteiger partial charge in [0, 0.05) is 22.0 Å². The van der Waals surface area contributed by atoms with Crippen molar-refractivity contribution in [3.05, 3.63) is 27.7 Å². The number of amides is 1. The topological polar surface area (TPSA) is 91.2 Å². The van der Waals surface area contributed by atoms with Crippen LogP contribution < -0.4 is 10.6 Å². The van der Waals surface area contributed by atoms with Gasteiger partial charge in [-0.3, -0.25) is 4.79 Å². The first kappa shape index (κ1) is 20.1. The molecule has 7 heteroatoms. The number of hydrogen-bond donors (Lipinski definition) is 2. The lowest BCUT2D eigenvalue weighted by Gasteiger charge is -2.42. The van der Waals surface area contributed by atoms with Crippen LogP contribution in [-0.4, -0.2) is 24.0 Å². The van der Waals surface area contributed by atoms with Crippen molar-refractivity contribution >= 4 is 28.2 Å². The molecule has 2 rings (SSSR count). The molecule has 2 heterocycles. The van der Waals surface area contributed by atoms with Gasteiger partial charge in [-0.2, -0.15) is 5.26 Å². The van der Waals surface area contributed by atoms with E-state index in [-0.39, 0.29) is 17.7 Å². The second-order valence-corrected chi connectivity index (χ2v) is 8.93. The van der Waals surface area contributed by atoms with Crippen molar-refractivity contribution in [3.8, 4) is 6.07 Å². The number of rotatable bonds is 4. The van der Waals surface area contributed by atoms with E-state index >= 15 is 0 Å². The van der Waals surface area contributed by atoms with E-state index in [1.165, 1.54) is 17.4 Å². The van der Waals surface area contributed by atoms with Crippen LogP contribution in [0.1, 0.15) is 57.5 Å². The fraction of sp³-hybridized carbons (Fsp3) is 0.526. The van der Waals surface area contributed by atoms with Crippen molar-refractivity contribution in [2.24, 2.45) is 0 Å². The van der Waals surface area contributed by atoms with E-state index in [2.05, 4.69) is 44.4 Å². The van der Waals surface area contributed by atoms with Gasteiger partial charge in [0.2, 0.25) is 0 Å². The van der Waals surface area contributed by atoms with E-state index in [4.69, 9.17) is 4.74 Å². The average Bonchev–Trinajstić information content (AvgIpc) is 2.80. The molecule has 0 saturated heterocycles. The fourth-order valence-corrected chi connectivity index (χ4v) is 4.55. The Morgan fingerprint density at radius 3 is 2.58 bits per heavy atom. The van der Waals surface area contributed by atoms with Crippen LogP contribution in [0.15, 0.2) is 11.6 Å². The predicted molar refractivity (Wildman–Crippen MR) is 102 cm³/mol. The van der Waals surface area contributed by atoms with Gasteiger partial charge in [-0.15, -0.1) is 11.3 Å². The van der Waals surface area contributed by atoms with Gasteiger partial charge in [0.25, 0.3) is 5.91 Å². The van der Waals surface area contributed by atoms with Crippen molar-refractivity contribution in [1.29, 1.82) is 5.26 Å². The number of anilines is 1. The summed E-state index contributed by atoms with van der Waals surface area (Å²) < 4.78 is 4.92. The molecule has 1 aliphatic heterocycles. The minimum Gasteiger partial charge on any atom is -0.452 e. The van der Waals surface area contributed by atoms with Crippen molar-refractivity contribution in [2.75, 3.05) is 11.9 Å². The molecule has 1 aliphatic rings. The number of hydrogen-bond acceptors (Lipinski definition) is 6. The molecular formula is C19H25N3O3S. The second-order valence-electron chi connectivity index (χ2n) is 7.91. The summed E-state index contributed by atoms with van der Waals surface area (Å²) in [4.78, 5) is 24.7. The maximum atomic E-state index is 12.1. The van der Waals surface area contributed by atoms with E-state index in [0.717, 1.165) is 16.0 Å². The summed E-state index contributed by atoms with van der Waals surface area (Å²) in [5.41, 5.74) is 1.82. The number of thiophene rings is 1. The summed E-state index contributed by atoms with van der Waals surface area (Å²) in [5.74, 6) is -1.01. The number of fused-ring (bicyclic) bond motifs is 1. The Hall–Kier alpha value is -2.17. The lowest BCUT2D eigenvalue weighted by molar-refractivity contribution is -0.142. The minimum atomic E-state index is -0.557. The molecule has 0 aromatic carbocycles. The van der Waals surface area contributed by atoms with Gasteiger partial charge in [0.15, 0.2) is 6.61 Å². The van der Waals surface area contributed by atoms with E-state index < -0.39 is 11.9 Å². The van der Waals surface area contributed by atoms with Gasteiger partial charge in [-0.25, -0.2) is 4.79 Å². The average molecular weight is 375 g/mol. The molecular weight excluding hydrogens is 350 g/mol. The predicted octanol–water partition coefficient (Wildman–Crippen LogP) is 3.23. The van der Waals surface area contributed by atoms with Crippen LogP contribution in [0.5, 0.6) is 0 Å². The van der Waals surface area contributed by atoms with E-state index in [0.29, 0.717) is 17.0 Å². The lowest BCUT2D eigenvalue weighted by atomic mass is 9.81. The zero-order valence-electron chi connectivity index (χ0n) is 16.1. The third-order valence-electron chi connectivity index (χ3n) is 3.96. The van der Waals surface area contributed by atoms with E-state index in [1.807, 2.05) is 0 Å². The molecule has 0 aliphatic carbocycles. The highest BCUT2D eigenvalue weighted by Gasteiger charge is 2.40. The Bertz CT molecular complexity index is 809. The van der Waals surface area contributed by atoms with Crippen molar-refractivity contribution in [1.82, 2.24) is 5.32 Å². The Balaban J connectivity index is 2.21. The van der Waals surface area contributed by atoms with Gasteiger partial charge in [-0.1, -0.05) is 5.57 Å². The van der Waals surface area contributed by atoms with Gasteiger partial charge in [0.05, 0.1) is 5.56 Å². The number of nitriles is 1. The first-order valence-electron chi connectivity index (χ1n) is 8.42. The monoisotopic (exact) mass is 375 g/mol. The maximum absolute atomic E-state index is 12.1. The highest BCUT2D eigenvalue weighted by Crippen LogP contribution is 2.44. The van der Waals surface area contributed by atoms with Gasteiger partial charge < -0.3 is 15.4 Å². The minimum absolute atomic E-state index is 0.148. The molecule has 6 nitrogen and oxygen atoms in total. The first-order chi connectivity index (χ1) is 11.9.